The van der Waals surface area contributed by atoms with Crippen molar-refractivity contribution in [2.45, 2.75) is 33.1 Å². The summed E-state index contributed by atoms with van der Waals surface area (Å²) in [4.78, 5) is 14.6. The molecule has 1 aromatic rings. The van der Waals surface area contributed by atoms with E-state index >= 15 is 0 Å². The first kappa shape index (κ1) is 13.9. The SMILES string of the molecule is CCCNc1ccccc1C(=O)N1CCC(C)CC1. The molecule has 104 valence electrons. The van der Waals surface area contributed by atoms with Crippen LogP contribution in [0.25, 0.3) is 0 Å². The largest absolute Gasteiger partial charge is 0.384 e. The summed E-state index contributed by atoms with van der Waals surface area (Å²) < 4.78 is 0. The fourth-order valence-electron chi connectivity index (χ4n) is 2.47. The van der Waals surface area contributed by atoms with Crippen LogP contribution in [0.2, 0.25) is 0 Å². The third-order valence-corrected chi connectivity index (χ3v) is 3.79. The molecule has 1 aliphatic heterocycles. The zero-order chi connectivity index (χ0) is 13.7. The molecule has 1 fully saturated rings. The summed E-state index contributed by atoms with van der Waals surface area (Å²) in [6, 6.07) is 7.85. The van der Waals surface area contributed by atoms with Gasteiger partial charge in [-0.15, -0.1) is 0 Å². The number of para-hydroxylation sites is 1. The molecule has 1 aliphatic rings. The Morgan fingerprint density at radius 2 is 2.00 bits per heavy atom. The van der Waals surface area contributed by atoms with Crippen molar-refractivity contribution in [1.29, 1.82) is 0 Å². The van der Waals surface area contributed by atoms with Gasteiger partial charge >= 0.3 is 0 Å². The topological polar surface area (TPSA) is 32.3 Å². The molecule has 1 heterocycles. The zero-order valence-electron chi connectivity index (χ0n) is 12.0. The maximum absolute atomic E-state index is 12.6. The molecule has 0 saturated carbocycles. The third kappa shape index (κ3) is 3.49. The van der Waals surface area contributed by atoms with Crippen LogP contribution < -0.4 is 5.32 Å². The monoisotopic (exact) mass is 260 g/mol. The number of hydrogen-bond donors (Lipinski definition) is 1. The number of rotatable bonds is 4. The molecule has 3 heteroatoms. The van der Waals surface area contributed by atoms with Gasteiger partial charge in [-0.1, -0.05) is 26.0 Å². The van der Waals surface area contributed by atoms with Gasteiger partial charge in [-0.3, -0.25) is 4.79 Å². The van der Waals surface area contributed by atoms with Gasteiger partial charge in [-0.25, -0.2) is 0 Å². The van der Waals surface area contributed by atoms with Crippen molar-refractivity contribution >= 4 is 11.6 Å². The molecule has 0 atom stereocenters. The second kappa shape index (κ2) is 6.60. The lowest BCUT2D eigenvalue weighted by molar-refractivity contribution is 0.0698. The smallest absolute Gasteiger partial charge is 0.255 e. The molecule has 19 heavy (non-hydrogen) atoms. The second-order valence-corrected chi connectivity index (χ2v) is 5.45. The molecule has 0 unspecified atom stereocenters. The highest BCUT2D eigenvalue weighted by atomic mass is 16.2. The summed E-state index contributed by atoms with van der Waals surface area (Å²) in [5.41, 5.74) is 1.78. The maximum atomic E-state index is 12.6. The number of piperidine rings is 1. The van der Waals surface area contributed by atoms with Crippen LogP contribution in [0.1, 0.15) is 43.5 Å². The number of likely N-dealkylation sites (tertiary alicyclic amines) is 1. The Kier molecular flexibility index (Phi) is 4.83. The molecule has 0 aromatic heterocycles. The van der Waals surface area contributed by atoms with Crippen LogP contribution in [-0.4, -0.2) is 30.4 Å². The second-order valence-electron chi connectivity index (χ2n) is 5.45. The summed E-state index contributed by atoms with van der Waals surface area (Å²) in [7, 11) is 0. The number of carbonyl (C=O) groups is 1. The molecular weight excluding hydrogens is 236 g/mol. The van der Waals surface area contributed by atoms with E-state index in [1.54, 1.807) is 0 Å². The van der Waals surface area contributed by atoms with Crippen LogP contribution in [-0.2, 0) is 0 Å². The van der Waals surface area contributed by atoms with Crippen LogP contribution >= 0.6 is 0 Å². The lowest BCUT2D eigenvalue weighted by atomic mass is 9.98. The van der Waals surface area contributed by atoms with E-state index in [0.29, 0.717) is 0 Å². The van der Waals surface area contributed by atoms with E-state index in [2.05, 4.69) is 19.2 Å². The normalized spacial score (nSPS) is 16.4. The predicted octanol–water partition coefficient (Wildman–Crippen LogP) is 3.38. The number of amides is 1. The Morgan fingerprint density at radius 1 is 1.32 bits per heavy atom. The maximum Gasteiger partial charge on any atom is 0.255 e. The van der Waals surface area contributed by atoms with Gasteiger partial charge in [0.2, 0.25) is 0 Å². The fourth-order valence-corrected chi connectivity index (χ4v) is 2.47. The van der Waals surface area contributed by atoms with Crippen molar-refractivity contribution < 1.29 is 4.79 Å². The Hall–Kier alpha value is -1.51. The van der Waals surface area contributed by atoms with Crippen molar-refractivity contribution in [1.82, 2.24) is 4.90 Å². The summed E-state index contributed by atoms with van der Waals surface area (Å²) in [6.07, 6.45) is 3.30. The van der Waals surface area contributed by atoms with Gasteiger partial charge in [0.05, 0.1) is 5.56 Å². The van der Waals surface area contributed by atoms with Crippen molar-refractivity contribution in [3.8, 4) is 0 Å². The minimum atomic E-state index is 0.172. The number of benzene rings is 1. The van der Waals surface area contributed by atoms with Gasteiger partial charge < -0.3 is 10.2 Å². The molecule has 0 bridgehead atoms. The Morgan fingerprint density at radius 3 is 2.68 bits per heavy atom. The third-order valence-electron chi connectivity index (χ3n) is 3.79. The molecule has 2 rings (SSSR count). The molecule has 1 amide bonds. The van der Waals surface area contributed by atoms with E-state index in [1.165, 1.54) is 0 Å². The minimum Gasteiger partial charge on any atom is -0.384 e. The molecule has 3 nitrogen and oxygen atoms in total. The van der Waals surface area contributed by atoms with E-state index in [4.69, 9.17) is 0 Å². The van der Waals surface area contributed by atoms with Gasteiger partial charge in [-0.2, -0.15) is 0 Å². The summed E-state index contributed by atoms with van der Waals surface area (Å²) in [5, 5.41) is 3.34. The van der Waals surface area contributed by atoms with Crippen LogP contribution in [0.15, 0.2) is 24.3 Å². The van der Waals surface area contributed by atoms with E-state index < -0.39 is 0 Å². The standard InChI is InChI=1S/C16H24N2O/c1-3-10-17-15-7-5-4-6-14(15)16(19)18-11-8-13(2)9-12-18/h4-7,13,17H,3,8-12H2,1-2H3. The molecule has 1 N–H and O–H groups in total. The molecule has 0 aliphatic carbocycles. The highest BCUT2D eigenvalue weighted by molar-refractivity contribution is 5.99. The molecule has 0 spiro atoms. The van der Waals surface area contributed by atoms with E-state index in [-0.39, 0.29) is 5.91 Å². The van der Waals surface area contributed by atoms with Crippen LogP contribution in [0, 0.1) is 5.92 Å². The lowest BCUT2D eigenvalue weighted by Gasteiger charge is -2.30. The van der Waals surface area contributed by atoms with Crippen molar-refractivity contribution in [2.24, 2.45) is 5.92 Å². The first-order valence-corrected chi connectivity index (χ1v) is 7.34. The average Bonchev–Trinajstić information content (AvgIpc) is 2.45. The Bertz CT molecular complexity index is 423. The van der Waals surface area contributed by atoms with Crippen LogP contribution in [0.4, 0.5) is 5.69 Å². The first-order chi connectivity index (χ1) is 9.22. The average molecular weight is 260 g/mol. The molecule has 1 aromatic carbocycles. The van der Waals surface area contributed by atoms with Crippen molar-refractivity contribution in [2.75, 3.05) is 25.0 Å². The number of carbonyl (C=O) groups excluding carboxylic acids is 1. The van der Waals surface area contributed by atoms with Crippen molar-refractivity contribution in [3.63, 3.8) is 0 Å². The van der Waals surface area contributed by atoms with Gasteiger partial charge in [0, 0.05) is 25.3 Å². The summed E-state index contributed by atoms with van der Waals surface area (Å²) in [6.45, 7) is 7.08. The minimum absolute atomic E-state index is 0.172. The molecule has 1 saturated heterocycles. The van der Waals surface area contributed by atoms with Gasteiger partial charge in [0.1, 0.15) is 0 Å². The molecule has 0 radical (unpaired) electrons. The fraction of sp³-hybridized carbons (Fsp3) is 0.562. The molecular formula is C16H24N2O. The highest BCUT2D eigenvalue weighted by Crippen LogP contribution is 2.22. The zero-order valence-corrected chi connectivity index (χ0v) is 12.0. The van der Waals surface area contributed by atoms with Crippen molar-refractivity contribution in [3.05, 3.63) is 29.8 Å². The lowest BCUT2D eigenvalue weighted by Crippen LogP contribution is -2.38. The van der Waals surface area contributed by atoms with Crippen LogP contribution in [0.3, 0.4) is 0 Å². The van der Waals surface area contributed by atoms with Crippen LogP contribution in [0.5, 0.6) is 0 Å². The van der Waals surface area contributed by atoms with E-state index in [9.17, 15) is 4.79 Å². The Balaban J connectivity index is 2.09. The summed E-state index contributed by atoms with van der Waals surface area (Å²) in [5.74, 6) is 0.920. The van der Waals surface area contributed by atoms with E-state index in [1.807, 2.05) is 29.2 Å². The number of nitrogens with one attached hydrogen (secondary N) is 1. The Labute approximate surface area is 116 Å². The van der Waals surface area contributed by atoms with Gasteiger partial charge in [-0.05, 0) is 37.3 Å². The quantitative estimate of drug-likeness (QED) is 0.900. The van der Waals surface area contributed by atoms with E-state index in [0.717, 1.165) is 56.1 Å². The van der Waals surface area contributed by atoms with Gasteiger partial charge in [0.15, 0.2) is 0 Å². The van der Waals surface area contributed by atoms with Gasteiger partial charge in [0.25, 0.3) is 5.91 Å². The number of nitrogens with zero attached hydrogens (tertiary/aromatic N) is 1. The summed E-state index contributed by atoms with van der Waals surface area (Å²) >= 11 is 0. The number of hydrogen-bond acceptors (Lipinski definition) is 2. The number of anilines is 1. The predicted molar refractivity (Wildman–Crippen MR) is 79.5 cm³/mol. The highest BCUT2D eigenvalue weighted by Gasteiger charge is 2.22. The first-order valence-electron chi connectivity index (χ1n) is 7.34.